The molecule has 1 aromatic carbocycles. The van der Waals surface area contributed by atoms with Gasteiger partial charge in [-0.05, 0) is 13.8 Å². The normalized spacial score (nSPS) is 13.5. The van der Waals surface area contributed by atoms with E-state index in [1.54, 1.807) is 0 Å². The summed E-state index contributed by atoms with van der Waals surface area (Å²) in [5.74, 6) is -12.3. The molecule has 0 aliphatic carbocycles. The number of amides is 1. The minimum atomic E-state index is -5.79. The van der Waals surface area contributed by atoms with Crippen LogP contribution < -0.4 is 5.32 Å². The van der Waals surface area contributed by atoms with Crippen LogP contribution in [0.4, 0.5) is 49.6 Å². The largest absolute Gasteiger partial charge is 0.436 e. The second-order valence-electron chi connectivity index (χ2n) is 5.86. The van der Waals surface area contributed by atoms with Crippen molar-refractivity contribution in [2.24, 2.45) is 0 Å². The van der Waals surface area contributed by atoms with Gasteiger partial charge in [-0.15, -0.1) is 0 Å². The number of rotatable bonds is 3. The van der Waals surface area contributed by atoms with Crippen LogP contribution in [-0.4, -0.2) is 15.7 Å². The summed E-state index contributed by atoms with van der Waals surface area (Å²) >= 11 is 5.50. The van der Waals surface area contributed by atoms with E-state index in [0.717, 1.165) is 13.8 Å². The number of nitrogens with zero attached hydrogens (tertiary/aromatic N) is 2. The van der Waals surface area contributed by atoms with Crippen molar-refractivity contribution in [3.05, 3.63) is 45.2 Å². The van der Waals surface area contributed by atoms with Crippen LogP contribution in [-0.2, 0) is 17.1 Å². The number of carbonyl (C=O) groups is 1. The van der Waals surface area contributed by atoms with Crippen molar-refractivity contribution in [2.45, 2.75) is 32.2 Å². The summed E-state index contributed by atoms with van der Waals surface area (Å²) in [6.45, 7) is 1.91. The van der Waals surface area contributed by atoms with E-state index in [2.05, 4.69) is 5.10 Å². The van der Waals surface area contributed by atoms with Gasteiger partial charge in [0.25, 0.3) is 0 Å². The zero-order valence-corrected chi connectivity index (χ0v) is 15.3. The van der Waals surface area contributed by atoms with E-state index in [1.165, 1.54) is 5.32 Å². The molecule has 0 saturated heterocycles. The Kier molecular flexibility index (Phi) is 6.05. The smallest absolute Gasteiger partial charge is 0.319 e. The Bertz CT molecular complexity index is 983. The van der Waals surface area contributed by atoms with Crippen molar-refractivity contribution >= 4 is 23.2 Å². The van der Waals surface area contributed by atoms with Crippen molar-refractivity contribution in [1.29, 1.82) is 0 Å². The predicted molar refractivity (Wildman–Crippen MR) is 81.6 cm³/mol. The SMILES string of the molecule is Cc1c(Cl)c(C(F)(F)F)nn1C(C)C(=O)Nc1c(F)c(F)c(C(F)(F)F)c(F)c1F. The van der Waals surface area contributed by atoms with Crippen LogP contribution in [0.3, 0.4) is 0 Å². The molecule has 1 atom stereocenters. The van der Waals surface area contributed by atoms with Gasteiger partial charge in [0.15, 0.2) is 29.0 Å². The van der Waals surface area contributed by atoms with Gasteiger partial charge < -0.3 is 5.32 Å². The maximum atomic E-state index is 13.9. The van der Waals surface area contributed by atoms with Gasteiger partial charge in [0.1, 0.15) is 17.3 Å². The van der Waals surface area contributed by atoms with E-state index in [4.69, 9.17) is 11.6 Å². The number of aromatic nitrogens is 2. The van der Waals surface area contributed by atoms with Gasteiger partial charge in [0.05, 0.1) is 10.7 Å². The third-order valence-corrected chi connectivity index (χ3v) is 4.34. The number of benzene rings is 1. The van der Waals surface area contributed by atoms with Gasteiger partial charge in [-0.1, -0.05) is 11.6 Å². The Morgan fingerprint density at radius 1 is 0.967 bits per heavy atom. The number of carbonyl (C=O) groups excluding carboxylic acids is 1. The second kappa shape index (κ2) is 7.63. The van der Waals surface area contributed by atoms with Gasteiger partial charge in [-0.2, -0.15) is 31.4 Å². The third kappa shape index (κ3) is 4.04. The standard InChI is InChI=1S/C15H8ClF10N3O/c1-3-6(16)12(15(24,25)26)28-29(3)4(2)13(30)27-11-9(19)7(17)5(14(21,22)23)8(18)10(11)20/h4H,1-2H3,(H,27,30). The lowest BCUT2D eigenvalue weighted by Crippen LogP contribution is -2.27. The number of hydrogen-bond donors (Lipinski definition) is 1. The highest BCUT2D eigenvalue weighted by Crippen LogP contribution is 2.39. The molecule has 0 radical (unpaired) electrons. The average Bonchev–Trinajstić information content (AvgIpc) is 2.90. The zero-order valence-electron chi connectivity index (χ0n) is 14.5. The fourth-order valence-electron chi connectivity index (χ4n) is 2.39. The van der Waals surface area contributed by atoms with E-state index in [0.29, 0.717) is 4.68 Å². The van der Waals surface area contributed by atoms with Gasteiger partial charge in [-0.25, -0.2) is 17.6 Å². The first-order chi connectivity index (χ1) is 13.5. The topological polar surface area (TPSA) is 46.9 Å². The van der Waals surface area contributed by atoms with E-state index < -0.39 is 75.2 Å². The Hall–Kier alpha value is -2.51. The molecule has 30 heavy (non-hydrogen) atoms. The minimum absolute atomic E-state index is 0.391. The molecule has 1 unspecified atom stereocenters. The molecule has 1 heterocycles. The van der Waals surface area contributed by atoms with Crippen molar-refractivity contribution in [3.8, 4) is 0 Å². The number of halogens is 11. The number of anilines is 1. The number of hydrogen-bond acceptors (Lipinski definition) is 2. The van der Waals surface area contributed by atoms with Crippen LogP contribution in [0.25, 0.3) is 0 Å². The molecule has 1 amide bonds. The highest BCUT2D eigenvalue weighted by molar-refractivity contribution is 6.32. The number of nitrogens with one attached hydrogen (secondary N) is 1. The van der Waals surface area contributed by atoms with Crippen molar-refractivity contribution < 1.29 is 48.7 Å². The summed E-state index contributed by atoms with van der Waals surface area (Å²) in [6.07, 6.45) is -10.8. The molecule has 1 N–H and O–H groups in total. The summed E-state index contributed by atoms with van der Waals surface area (Å²) in [5.41, 5.74) is -6.72. The molecule has 1 aromatic heterocycles. The number of alkyl halides is 6. The Labute approximate surface area is 165 Å². The zero-order chi connectivity index (χ0) is 23.3. The summed E-state index contributed by atoms with van der Waals surface area (Å²) < 4.78 is 132. The highest BCUT2D eigenvalue weighted by Gasteiger charge is 2.43. The quantitative estimate of drug-likeness (QED) is 0.465. The van der Waals surface area contributed by atoms with E-state index in [1.807, 2.05) is 0 Å². The summed E-state index contributed by atoms with van der Waals surface area (Å²) in [7, 11) is 0. The lowest BCUT2D eigenvalue weighted by molar-refractivity contribution is -0.143. The first kappa shape index (κ1) is 23.8. The molecule has 2 aromatic rings. The first-order valence-electron chi connectivity index (χ1n) is 7.55. The monoisotopic (exact) mass is 471 g/mol. The third-order valence-electron chi connectivity index (χ3n) is 3.89. The van der Waals surface area contributed by atoms with Crippen LogP contribution in [0, 0.1) is 30.2 Å². The van der Waals surface area contributed by atoms with Crippen molar-refractivity contribution in [1.82, 2.24) is 9.78 Å². The Morgan fingerprint density at radius 3 is 1.80 bits per heavy atom. The second-order valence-corrected chi connectivity index (χ2v) is 6.24. The maximum absolute atomic E-state index is 13.9. The molecule has 0 aliphatic rings. The molecule has 0 fully saturated rings. The molecule has 4 nitrogen and oxygen atoms in total. The van der Waals surface area contributed by atoms with E-state index in [9.17, 15) is 48.7 Å². The lowest BCUT2D eigenvalue weighted by atomic mass is 10.1. The van der Waals surface area contributed by atoms with Gasteiger partial charge in [0, 0.05) is 0 Å². The molecule has 0 bridgehead atoms. The molecule has 2 rings (SSSR count). The van der Waals surface area contributed by atoms with Crippen molar-refractivity contribution in [2.75, 3.05) is 5.32 Å². The first-order valence-corrected chi connectivity index (χ1v) is 7.93. The van der Waals surface area contributed by atoms with Crippen molar-refractivity contribution in [3.63, 3.8) is 0 Å². The van der Waals surface area contributed by atoms with Crippen LogP contribution in [0.2, 0.25) is 5.02 Å². The molecular weight excluding hydrogens is 464 g/mol. The summed E-state index contributed by atoms with van der Waals surface area (Å²) in [4.78, 5) is 12.1. The molecule has 15 heteroatoms. The molecule has 0 saturated carbocycles. The predicted octanol–water partition coefficient (Wildman–Crippen LogP) is 5.64. The van der Waals surface area contributed by atoms with E-state index >= 15 is 0 Å². The fourth-order valence-corrected chi connectivity index (χ4v) is 2.62. The van der Waals surface area contributed by atoms with Crippen LogP contribution in [0.5, 0.6) is 0 Å². The lowest BCUT2D eigenvalue weighted by Gasteiger charge is -2.17. The van der Waals surface area contributed by atoms with Crippen LogP contribution >= 0.6 is 11.6 Å². The van der Waals surface area contributed by atoms with Crippen LogP contribution in [0.1, 0.15) is 29.9 Å². The average molecular weight is 472 g/mol. The summed E-state index contributed by atoms with van der Waals surface area (Å²) in [5, 5.41) is 3.51. The summed E-state index contributed by atoms with van der Waals surface area (Å²) in [6, 6.07) is -1.77. The van der Waals surface area contributed by atoms with Gasteiger partial charge in [-0.3, -0.25) is 9.48 Å². The van der Waals surface area contributed by atoms with Gasteiger partial charge in [0.2, 0.25) is 5.91 Å². The van der Waals surface area contributed by atoms with E-state index in [-0.39, 0.29) is 0 Å². The maximum Gasteiger partial charge on any atom is 0.436 e. The fraction of sp³-hybridized carbons (Fsp3) is 0.333. The highest BCUT2D eigenvalue weighted by atomic mass is 35.5. The molecule has 0 spiro atoms. The Morgan fingerprint density at radius 2 is 1.43 bits per heavy atom. The molecule has 0 aliphatic heterocycles. The Balaban J connectivity index is 2.47. The minimum Gasteiger partial charge on any atom is -0.319 e. The molecular formula is C15H8ClF10N3O. The van der Waals surface area contributed by atoms with Gasteiger partial charge >= 0.3 is 12.4 Å². The molecule has 166 valence electrons. The van der Waals surface area contributed by atoms with Crippen LogP contribution in [0.15, 0.2) is 0 Å².